The van der Waals surface area contributed by atoms with Gasteiger partial charge in [-0.15, -0.1) is 0 Å². The minimum absolute atomic E-state index is 0.286. The van der Waals surface area contributed by atoms with Gasteiger partial charge in [-0.25, -0.2) is 4.98 Å². The zero-order valence-corrected chi connectivity index (χ0v) is 7.10. The molecule has 0 bridgehead atoms. The molecular formula is C8H9N3O2. The number of fused-ring (bicyclic) bond motifs is 1. The zero-order valence-electron chi connectivity index (χ0n) is 7.10. The summed E-state index contributed by atoms with van der Waals surface area (Å²) in [5.74, 6) is 0.762. The zero-order chi connectivity index (χ0) is 9.42. The van der Waals surface area contributed by atoms with Gasteiger partial charge in [-0.1, -0.05) is 0 Å². The van der Waals surface area contributed by atoms with Gasteiger partial charge in [-0.3, -0.25) is 15.4 Å². The van der Waals surface area contributed by atoms with Gasteiger partial charge in [0, 0.05) is 13.2 Å². The second kappa shape index (κ2) is 2.70. The number of carbonyl (C=O) groups is 1. The summed E-state index contributed by atoms with van der Waals surface area (Å²) in [4.78, 5) is 16.7. The molecule has 68 valence electrons. The summed E-state index contributed by atoms with van der Waals surface area (Å²) in [7, 11) is 1.62. The Morgan fingerprint density at radius 1 is 1.69 bits per heavy atom. The third-order valence-corrected chi connectivity index (χ3v) is 1.90. The summed E-state index contributed by atoms with van der Waals surface area (Å²) >= 11 is 0. The van der Waals surface area contributed by atoms with E-state index in [1.807, 2.05) is 0 Å². The molecule has 0 fully saturated rings. The first-order valence-corrected chi connectivity index (χ1v) is 3.85. The fraction of sp³-hybridized carbons (Fsp3) is 0.250. The third-order valence-electron chi connectivity index (χ3n) is 1.90. The minimum atomic E-state index is -0.915. The molecule has 0 aliphatic carbocycles. The quantitative estimate of drug-likeness (QED) is 0.594. The van der Waals surface area contributed by atoms with Crippen LogP contribution in [0.5, 0.6) is 5.75 Å². The highest BCUT2D eigenvalue weighted by atomic mass is 16.5. The van der Waals surface area contributed by atoms with E-state index in [9.17, 15) is 4.79 Å². The first-order chi connectivity index (χ1) is 6.20. The molecule has 2 rings (SSSR count). The summed E-state index contributed by atoms with van der Waals surface area (Å²) in [6.07, 6.45) is 0.685. The Labute approximate surface area is 75.1 Å². The molecule has 1 aliphatic rings. The summed E-state index contributed by atoms with van der Waals surface area (Å²) in [5.41, 5.74) is 5.44. The van der Waals surface area contributed by atoms with Crippen molar-refractivity contribution in [2.75, 3.05) is 11.9 Å². The van der Waals surface area contributed by atoms with E-state index in [0.29, 0.717) is 11.6 Å². The monoisotopic (exact) mass is 179 g/mol. The molecule has 1 amide bonds. The second-order valence-electron chi connectivity index (χ2n) is 2.76. The minimum Gasteiger partial charge on any atom is -0.462 e. The Bertz CT molecular complexity index is 353. The van der Waals surface area contributed by atoms with Crippen LogP contribution >= 0.6 is 0 Å². The van der Waals surface area contributed by atoms with Crippen LogP contribution in [0, 0.1) is 0 Å². The van der Waals surface area contributed by atoms with Gasteiger partial charge < -0.3 is 4.74 Å². The molecule has 5 nitrogen and oxygen atoms in total. The third kappa shape index (κ3) is 1.13. The van der Waals surface area contributed by atoms with Gasteiger partial charge in [0.25, 0.3) is 5.91 Å². The second-order valence-corrected chi connectivity index (χ2v) is 2.76. The number of hydrogen-bond donors (Lipinski definition) is 1. The lowest BCUT2D eigenvalue weighted by Gasteiger charge is -2.28. The van der Waals surface area contributed by atoms with Gasteiger partial charge >= 0.3 is 0 Å². The standard InChI is InChI=1S/C8H9N3O2/c1-11-7-5(3-2-4-10-7)13-6(9)8(11)12/h2-4,6H,9H2,1H3. The highest BCUT2D eigenvalue weighted by Gasteiger charge is 2.29. The Hall–Kier alpha value is -1.62. The number of ether oxygens (including phenoxy) is 1. The van der Waals surface area contributed by atoms with Gasteiger partial charge in [0.1, 0.15) is 0 Å². The number of nitrogens with two attached hydrogens (primary N) is 1. The van der Waals surface area contributed by atoms with Gasteiger partial charge in [0.05, 0.1) is 0 Å². The molecule has 1 aliphatic heterocycles. The van der Waals surface area contributed by atoms with Crippen molar-refractivity contribution in [3.8, 4) is 5.75 Å². The van der Waals surface area contributed by atoms with Crippen molar-refractivity contribution < 1.29 is 9.53 Å². The topological polar surface area (TPSA) is 68.5 Å². The van der Waals surface area contributed by atoms with Crippen LogP contribution in [0.25, 0.3) is 0 Å². The van der Waals surface area contributed by atoms with Crippen LogP contribution in [0.1, 0.15) is 0 Å². The van der Waals surface area contributed by atoms with Crippen LogP contribution in [0.15, 0.2) is 18.3 Å². The van der Waals surface area contributed by atoms with E-state index < -0.39 is 6.23 Å². The van der Waals surface area contributed by atoms with E-state index in [2.05, 4.69) is 4.98 Å². The fourth-order valence-corrected chi connectivity index (χ4v) is 1.21. The summed E-state index contributed by atoms with van der Waals surface area (Å²) in [6.45, 7) is 0. The molecule has 1 atom stereocenters. The number of carbonyl (C=O) groups excluding carboxylic acids is 1. The van der Waals surface area contributed by atoms with Gasteiger partial charge in [0.2, 0.25) is 6.23 Å². The van der Waals surface area contributed by atoms with E-state index in [4.69, 9.17) is 10.5 Å². The number of rotatable bonds is 0. The van der Waals surface area contributed by atoms with Crippen molar-refractivity contribution in [2.45, 2.75) is 6.23 Å². The van der Waals surface area contributed by atoms with Gasteiger partial charge in [-0.2, -0.15) is 0 Å². The predicted molar refractivity (Wildman–Crippen MR) is 46.3 cm³/mol. The van der Waals surface area contributed by atoms with Crippen LogP contribution in [-0.4, -0.2) is 24.2 Å². The Morgan fingerprint density at radius 2 is 2.46 bits per heavy atom. The van der Waals surface area contributed by atoms with Crippen molar-refractivity contribution in [1.29, 1.82) is 0 Å². The number of nitrogens with zero attached hydrogens (tertiary/aromatic N) is 2. The Kier molecular flexibility index (Phi) is 1.66. The summed E-state index contributed by atoms with van der Waals surface area (Å²) in [5, 5.41) is 0. The molecule has 1 aromatic rings. The lowest BCUT2D eigenvalue weighted by atomic mass is 10.3. The molecule has 0 saturated carbocycles. The summed E-state index contributed by atoms with van der Waals surface area (Å²) in [6, 6.07) is 3.46. The molecular weight excluding hydrogens is 170 g/mol. The molecule has 1 unspecified atom stereocenters. The molecule has 0 radical (unpaired) electrons. The van der Waals surface area contributed by atoms with Crippen molar-refractivity contribution in [3.63, 3.8) is 0 Å². The van der Waals surface area contributed by atoms with E-state index in [0.717, 1.165) is 0 Å². The fourth-order valence-electron chi connectivity index (χ4n) is 1.21. The van der Waals surface area contributed by atoms with Crippen molar-refractivity contribution in [2.24, 2.45) is 5.73 Å². The largest absolute Gasteiger partial charge is 0.462 e. The van der Waals surface area contributed by atoms with Crippen LogP contribution in [0.3, 0.4) is 0 Å². The predicted octanol–water partition coefficient (Wildman–Crippen LogP) is -0.278. The average molecular weight is 179 g/mol. The van der Waals surface area contributed by atoms with E-state index in [-0.39, 0.29) is 5.91 Å². The number of aromatic nitrogens is 1. The lowest BCUT2D eigenvalue weighted by Crippen LogP contribution is -2.49. The van der Waals surface area contributed by atoms with Crippen LogP contribution in [0.2, 0.25) is 0 Å². The Morgan fingerprint density at radius 3 is 3.23 bits per heavy atom. The number of anilines is 1. The number of amides is 1. The lowest BCUT2D eigenvalue weighted by molar-refractivity contribution is -0.125. The number of hydrogen-bond acceptors (Lipinski definition) is 4. The van der Waals surface area contributed by atoms with Crippen LogP contribution in [-0.2, 0) is 4.79 Å². The normalized spacial score (nSPS) is 20.9. The molecule has 0 spiro atoms. The SMILES string of the molecule is CN1C(=O)C(N)Oc2cccnc21. The maximum absolute atomic E-state index is 11.3. The summed E-state index contributed by atoms with van der Waals surface area (Å²) < 4.78 is 5.14. The van der Waals surface area contributed by atoms with Crippen molar-refractivity contribution in [1.82, 2.24) is 4.98 Å². The first kappa shape index (κ1) is 8.00. The van der Waals surface area contributed by atoms with Crippen LogP contribution in [0.4, 0.5) is 5.82 Å². The van der Waals surface area contributed by atoms with Gasteiger partial charge in [0.15, 0.2) is 11.6 Å². The highest BCUT2D eigenvalue weighted by Crippen LogP contribution is 2.28. The Balaban J connectivity index is 2.49. The molecule has 5 heteroatoms. The van der Waals surface area contributed by atoms with E-state index in [1.165, 1.54) is 4.90 Å². The maximum atomic E-state index is 11.3. The molecule has 0 aromatic carbocycles. The smallest absolute Gasteiger partial charge is 0.284 e. The van der Waals surface area contributed by atoms with Crippen LogP contribution < -0.4 is 15.4 Å². The molecule has 0 saturated heterocycles. The highest BCUT2D eigenvalue weighted by molar-refractivity contribution is 5.97. The van der Waals surface area contributed by atoms with E-state index in [1.54, 1.807) is 25.4 Å². The number of pyridine rings is 1. The molecule has 2 heterocycles. The first-order valence-electron chi connectivity index (χ1n) is 3.85. The molecule has 1 aromatic heterocycles. The van der Waals surface area contributed by atoms with Crippen molar-refractivity contribution >= 4 is 11.7 Å². The van der Waals surface area contributed by atoms with Crippen molar-refractivity contribution in [3.05, 3.63) is 18.3 Å². The molecule has 13 heavy (non-hydrogen) atoms. The maximum Gasteiger partial charge on any atom is 0.284 e. The average Bonchev–Trinajstić information content (AvgIpc) is 2.15. The van der Waals surface area contributed by atoms with E-state index >= 15 is 0 Å². The number of likely N-dealkylation sites (N-methyl/N-ethyl adjacent to an activating group) is 1. The molecule has 2 N–H and O–H groups in total. The van der Waals surface area contributed by atoms with Gasteiger partial charge in [-0.05, 0) is 12.1 Å².